The molecular formula is C9H15FO7. The summed E-state index contributed by atoms with van der Waals surface area (Å²) in [6.45, 7) is 2.25. The van der Waals surface area contributed by atoms with Gasteiger partial charge < -0.3 is 30.6 Å². The van der Waals surface area contributed by atoms with Crippen molar-refractivity contribution in [2.45, 2.75) is 43.6 Å². The Morgan fingerprint density at radius 3 is 1.82 bits per heavy atom. The third kappa shape index (κ3) is 1.36. The molecule has 0 amide bonds. The van der Waals surface area contributed by atoms with Crippen molar-refractivity contribution < 1.29 is 39.8 Å². The van der Waals surface area contributed by atoms with Gasteiger partial charge in [-0.25, -0.2) is 9.18 Å². The Morgan fingerprint density at radius 1 is 1.18 bits per heavy atom. The van der Waals surface area contributed by atoms with E-state index >= 15 is 0 Å². The third-order valence-corrected chi connectivity index (χ3v) is 3.69. The number of aliphatic hydroxyl groups excluding tert-OH is 3. The Hall–Kier alpha value is -0.800. The van der Waals surface area contributed by atoms with E-state index in [1.807, 2.05) is 0 Å². The van der Waals surface area contributed by atoms with Gasteiger partial charge in [-0.1, -0.05) is 13.8 Å². The van der Waals surface area contributed by atoms with Crippen LogP contribution in [0, 0.1) is 5.41 Å². The predicted octanol–water partition coefficient (Wildman–Crippen LogP) is -2.42. The number of carbonyl (C=O) groups is 1. The van der Waals surface area contributed by atoms with Crippen molar-refractivity contribution in [2.75, 3.05) is 0 Å². The fourth-order valence-corrected chi connectivity index (χ4v) is 2.27. The van der Waals surface area contributed by atoms with Gasteiger partial charge in [-0.05, 0) is 0 Å². The zero-order valence-corrected chi connectivity index (χ0v) is 9.20. The first kappa shape index (κ1) is 14.3. The minimum atomic E-state index is -2.87. The van der Waals surface area contributed by atoms with E-state index in [1.54, 1.807) is 0 Å². The molecule has 5 atom stereocenters. The largest absolute Gasteiger partial charge is 0.479 e. The first-order valence-corrected chi connectivity index (χ1v) is 4.82. The average molecular weight is 254 g/mol. The second-order valence-electron chi connectivity index (χ2n) is 4.72. The highest BCUT2D eigenvalue weighted by molar-refractivity contribution is 5.87. The molecule has 7 nitrogen and oxygen atoms in total. The van der Waals surface area contributed by atoms with Gasteiger partial charge >= 0.3 is 5.97 Å². The Kier molecular flexibility index (Phi) is 3.02. The topological polar surface area (TPSA) is 138 Å². The Labute approximate surface area is 95.7 Å². The monoisotopic (exact) mass is 254 g/mol. The predicted molar refractivity (Wildman–Crippen MR) is 50.4 cm³/mol. The lowest BCUT2D eigenvalue weighted by Gasteiger charge is -2.25. The average Bonchev–Trinajstić information content (AvgIpc) is 2.58. The van der Waals surface area contributed by atoms with E-state index in [9.17, 15) is 24.5 Å². The standard InChI is InChI=1S/C9H15FO7/c1-7(2)8(16,9(7,17)6(14)15)4(12)3(11)5(10)13/h3-5,11-13,16-17H,1-2H3,(H,14,15)/t3-,4-,5?,8-,9+/m1/s1. The molecule has 1 rings (SSSR count). The van der Waals surface area contributed by atoms with E-state index in [4.69, 9.17) is 15.3 Å². The van der Waals surface area contributed by atoms with Gasteiger partial charge in [-0.2, -0.15) is 0 Å². The minimum absolute atomic E-state index is 1.13. The van der Waals surface area contributed by atoms with Crippen LogP contribution in [0.3, 0.4) is 0 Å². The van der Waals surface area contributed by atoms with Crippen LogP contribution in [0.25, 0.3) is 0 Å². The van der Waals surface area contributed by atoms with Crippen LogP contribution < -0.4 is 0 Å². The number of halogens is 1. The minimum Gasteiger partial charge on any atom is -0.479 e. The number of rotatable bonds is 4. The summed E-state index contributed by atoms with van der Waals surface area (Å²) < 4.78 is 12.4. The number of carboxylic acid groups (broad SMARTS) is 1. The van der Waals surface area contributed by atoms with E-state index in [-0.39, 0.29) is 0 Å². The number of hydrogen-bond acceptors (Lipinski definition) is 6. The summed E-state index contributed by atoms with van der Waals surface area (Å²) in [7, 11) is 0. The van der Waals surface area contributed by atoms with Gasteiger partial charge in [0.2, 0.25) is 12.0 Å². The van der Waals surface area contributed by atoms with Gasteiger partial charge in [0, 0.05) is 5.41 Å². The van der Waals surface area contributed by atoms with Crippen molar-refractivity contribution >= 4 is 5.97 Å². The van der Waals surface area contributed by atoms with Gasteiger partial charge in [-0.15, -0.1) is 0 Å². The number of alkyl halides is 1. The van der Waals surface area contributed by atoms with E-state index < -0.39 is 41.2 Å². The molecule has 6 N–H and O–H groups in total. The molecular weight excluding hydrogens is 239 g/mol. The molecule has 1 unspecified atom stereocenters. The van der Waals surface area contributed by atoms with Gasteiger partial charge in [0.05, 0.1) is 0 Å². The van der Waals surface area contributed by atoms with Crippen LogP contribution >= 0.6 is 0 Å². The maximum absolute atomic E-state index is 12.4. The van der Waals surface area contributed by atoms with Crippen LogP contribution in [0.2, 0.25) is 0 Å². The van der Waals surface area contributed by atoms with E-state index in [0.717, 1.165) is 13.8 Å². The van der Waals surface area contributed by atoms with Crippen molar-refractivity contribution in [3.8, 4) is 0 Å². The molecule has 0 aliphatic heterocycles. The molecule has 1 fully saturated rings. The smallest absolute Gasteiger partial charge is 0.339 e. The summed E-state index contributed by atoms with van der Waals surface area (Å²) in [5.41, 5.74) is -7.09. The number of carboxylic acids is 1. The summed E-state index contributed by atoms with van der Waals surface area (Å²) in [4.78, 5) is 10.9. The Bertz CT molecular complexity index is 344. The highest BCUT2D eigenvalue weighted by Crippen LogP contribution is 2.67. The molecule has 0 heterocycles. The van der Waals surface area contributed by atoms with Crippen LogP contribution in [0.15, 0.2) is 0 Å². The summed E-state index contributed by atoms with van der Waals surface area (Å²) in [6.07, 6.45) is -7.64. The molecule has 0 bridgehead atoms. The number of aliphatic hydroxyl groups is 5. The fraction of sp³-hybridized carbons (Fsp3) is 0.889. The quantitative estimate of drug-likeness (QED) is 0.328. The van der Waals surface area contributed by atoms with Crippen molar-refractivity contribution in [3.63, 3.8) is 0 Å². The summed E-state index contributed by atoms with van der Waals surface area (Å²) in [6, 6.07) is 0. The Balaban J connectivity index is 3.11. The normalized spacial score (nSPS) is 40.5. The molecule has 100 valence electrons. The lowest BCUT2D eigenvalue weighted by atomic mass is 9.98. The first-order chi connectivity index (χ1) is 7.46. The van der Waals surface area contributed by atoms with Crippen LogP contribution in [-0.4, -0.2) is 66.4 Å². The second-order valence-corrected chi connectivity index (χ2v) is 4.72. The fourth-order valence-electron chi connectivity index (χ4n) is 2.27. The SMILES string of the molecule is CC1(C)[C@](O)([C@H](O)[C@@H](O)C(O)F)[C@]1(O)C(=O)O. The summed E-state index contributed by atoms with van der Waals surface area (Å²) in [5, 5.41) is 55.4. The number of aliphatic carboxylic acids is 1. The molecule has 0 radical (unpaired) electrons. The van der Waals surface area contributed by atoms with E-state index in [0.29, 0.717) is 0 Å². The van der Waals surface area contributed by atoms with Crippen molar-refractivity contribution in [1.82, 2.24) is 0 Å². The van der Waals surface area contributed by atoms with Gasteiger partial charge in [0.25, 0.3) is 0 Å². The molecule has 0 aromatic rings. The zero-order valence-electron chi connectivity index (χ0n) is 9.20. The van der Waals surface area contributed by atoms with E-state index in [2.05, 4.69) is 0 Å². The second kappa shape index (κ2) is 3.59. The summed E-state index contributed by atoms with van der Waals surface area (Å²) >= 11 is 0. The van der Waals surface area contributed by atoms with Crippen molar-refractivity contribution in [1.29, 1.82) is 0 Å². The van der Waals surface area contributed by atoms with Gasteiger partial charge in [0.15, 0.2) is 0 Å². The lowest BCUT2D eigenvalue weighted by molar-refractivity contribution is -0.179. The highest BCUT2D eigenvalue weighted by atomic mass is 19.1. The maximum Gasteiger partial charge on any atom is 0.339 e. The molecule has 1 aliphatic carbocycles. The molecule has 0 aromatic heterocycles. The lowest BCUT2D eigenvalue weighted by Crippen LogP contribution is -2.51. The molecule has 0 spiro atoms. The molecule has 1 saturated carbocycles. The molecule has 0 aromatic carbocycles. The molecule has 1 aliphatic rings. The van der Waals surface area contributed by atoms with E-state index in [1.165, 1.54) is 0 Å². The molecule has 8 heteroatoms. The van der Waals surface area contributed by atoms with Crippen LogP contribution in [0.4, 0.5) is 4.39 Å². The van der Waals surface area contributed by atoms with Crippen LogP contribution in [0.5, 0.6) is 0 Å². The van der Waals surface area contributed by atoms with Gasteiger partial charge in [-0.3, -0.25) is 0 Å². The Morgan fingerprint density at radius 2 is 1.59 bits per heavy atom. The van der Waals surface area contributed by atoms with Crippen molar-refractivity contribution in [3.05, 3.63) is 0 Å². The third-order valence-electron chi connectivity index (χ3n) is 3.69. The molecule has 17 heavy (non-hydrogen) atoms. The summed E-state index contributed by atoms with van der Waals surface area (Å²) in [5.74, 6) is -1.82. The van der Waals surface area contributed by atoms with Crippen LogP contribution in [0.1, 0.15) is 13.8 Å². The van der Waals surface area contributed by atoms with Gasteiger partial charge in [0.1, 0.15) is 17.8 Å². The number of hydrogen-bond donors (Lipinski definition) is 6. The highest BCUT2D eigenvalue weighted by Gasteiger charge is 2.90. The van der Waals surface area contributed by atoms with Crippen molar-refractivity contribution in [2.24, 2.45) is 5.41 Å². The maximum atomic E-state index is 12.4. The molecule has 0 saturated heterocycles. The first-order valence-electron chi connectivity index (χ1n) is 4.82. The zero-order chi connectivity index (χ0) is 13.8. The van der Waals surface area contributed by atoms with Crippen LogP contribution in [-0.2, 0) is 4.79 Å².